The third-order valence-electron chi connectivity index (χ3n) is 6.05. The summed E-state index contributed by atoms with van der Waals surface area (Å²) in [6.45, 7) is 9.17. The quantitative estimate of drug-likeness (QED) is 0.814. The van der Waals surface area contributed by atoms with Crippen LogP contribution in [0.4, 0.5) is 4.79 Å². The van der Waals surface area contributed by atoms with Crippen molar-refractivity contribution in [2.24, 2.45) is 0 Å². The van der Waals surface area contributed by atoms with E-state index in [1.165, 1.54) is 24.0 Å². The zero-order valence-corrected chi connectivity index (χ0v) is 17.3. The molecule has 4 rings (SSSR count). The third-order valence-corrected chi connectivity index (χ3v) is 6.05. The first-order chi connectivity index (χ1) is 14.2. The van der Waals surface area contributed by atoms with Gasteiger partial charge in [-0.05, 0) is 50.6 Å². The van der Waals surface area contributed by atoms with Gasteiger partial charge in [0.2, 0.25) is 0 Å². The van der Waals surface area contributed by atoms with Gasteiger partial charge in [-0.2, -0.15) is 0 Å². The van der Waals surface area contributed by atoms with Crippen LogP contribution in [0, 0.1) is 6.92 Å². The number of aryl methyl sites for hydroxylation is 1. The summed E-state index contributed by atoms with van der Waals surface area (Å²) in [5.41, 5.74) is 2.64. The average molecular weight is 397 g/mol. The number of nitrogens with zero attached hydrogens (tertiary/aromatic N) is 3. The van der Waals surface area contributed by atoms with Crippen molar-refractivity contribution in [2.45, 2.75) is 32.4 Å². The molecule has 1 aromatic heterocycles. The molecule has 1 atom stereocenters. The zero-order valence-electron chi connectivity index (χ0n) is 17.3. The molecule has 6 heteroatoms. The van der Waals surface area contributed by atoms with E-state index < -0.39 is 0 Å². The van der Waals surface area contributed by atoms with Crippen LogP contribution in [0.15, 0.2) is 47.1 Å². The van der Waals surface area contributed by atoms with Crippen molar-refractivity contribution in [2.75, 3.05) is 45.8 Å². The van der Waals surface area contributed by atoms with Crippen molar-refractivity contribution in [3.63, 3.8) is 0 Å². The molecule has 2 aliphatic heterocycles. The van der Waals surface area contributed by atoms with E-state index in [1.807, 2.05) is 17.0 Å². The maximum Gasteiger partial charge on any atom is 0.317 e. The predicted molar refractivity (Wildman–Crippen MR) is 114 cm³/mol. The highest BCUT2D eigenvalue weighted by Crippen LogP contribution is 2.25. The molecule has 2 aliphatic rings. The first-order valence-electron chi connectivity index (χ1n) is 10.8. The molecule has 0 aliphatic carbocycles. The van der Waals surface area contributed by atoms with E-state index >= 15 is 0 Å². The Morgan fingerprint density at radius 1 is 1.07 bits per heavy atom. The van der Waals surface area contributed by atoms with Gasteiger partial charge in [-0.3, -0.25) is 9.80 Å². The Hall–Kier alpha value is -2.31. The molecule has 0 bridgehead atoms. The van der Waals surface area contributed by atoms with E-state index in [4.69, 9.17) is 4.42 Å². The molecule has 1 N–H and O–H groups in total. The van der Waals surface area contributed by atoms with E-state index in [2.05, 4.69) is 46.3 Å². The van der Waals surface area contributed by atoms with Gasteiger partial charge < -0.3 is 14.6 Å². The molecular formula is C23H32N4O2. The zero-order chi connectivity index (χ0) is 20.1. The SMILES string of the molecule is Cc1cccc(CN2CCN(C(=O)NCC(c3ccco3)N3CCCC3)CC2)c1. The fourth-order valence-electron chi connectivity index (χ4n) is 4.42. The van der Waals surface area contributed by atoms with Crippen LogP contribution in [0.1, 0.15) is 35.8 Å². The van der Waals surface area contributed by atoms with E-state index in [-0.39, 0.29) is 12.1 Å². The predicted octanol–water partition coefficient (Wildman–Crippen LogP) is 3.25. The number of carbonyl (C=O) groups excluding carboxylic acids is 1. The van der Waals surface area contributed by atoms with Crippen molar-refractivity contribution in [1.29, 1.82) is 0 Å². The fourth-order valence-corrected chi connectivity index (χ4v) is 4.42. The van der Waals surface area contributed by atoms with Crippen molar-refractivity contribution in [1.82, 2.24) is 20.0 Å². The normalized spacial score (nSPS) is 19.4. The summed E-state index contributed by atoms with van der Waals surface area (Å²) in [6, 6.07) is 12.8. The molecule has 1 aromatic carbocycles. The monoisotopic (exact) mass is 396 g/mol. The number of likely N-dealkylation sites (tertiary alicyclic amines) is 1. The smallest absolute Gasteiger partial charge is 0.317 e. The third kappa shape index (κ3) is 5.19. The van der Waals surface area contributed by atoms with Crippen molar-refractivity contribution in [3.8, 4) is 0 Å². The molecule has 2 fully saturated rings. The van der Waals surface area contributed by atoms with Gasteiger partial charge in [0.05, 0.1) is 12.3 Å². The molecule has 6 nitrogen and oxygen atoms in total. The minimum absolute atomic E-state index is 0.0379. The molecule has 0 spiro atoms. The number of hydrogen-bond donors (Lipinski definition) is 1. The minimum atomic E-state index is 0.0379. The largest absolute Gasteiger partial charge is 0.468 e. The number of piperazine rings is 1. The highest BCUT2D eigenvalue weighted by atomic mass is 16.3. The van der Waals surface area contributed by atoms with Gasteiger partial charge in [0.1, 0.15) is 5.76 Å². The van der Waals surface area contributed by atoms with Gasteiger partial charge in [0, 0.05) is 39.3 Å². The van der Waals surface area contributed by atoms with E-state index in [1.54, 1.807) is 6.26 Å². The number of amides is 2. The van der Waals surface area contributed by atoms with Crippen LogP contribution >= 0.6 is 0 Å². The van der Waals surface area contributed by atoms with Crippen LogP contribution in [-0.2, 0) is 6.54 Å². The first-order valence-corrected chi connectivity index (χ1v) is 10.8. The van der Waals surface area contributed by atoms with Crippen LogP contribution < -0.4 is 5.32 Å². The maximum absolute atomic E-state index is 12.7. The highest BCUT2D eigenvalue weighted by Gasteiger charge is 2.27. The summed E-state index contributed by atoms with van der Waals surface area (Å²) in [5.74, 6) is 0.940. The standard InChI is InChI=1S/C23H32N4O2/c1-19-6-4-7-20(16-19)18-25-11-13-27(14-12-25)23(28)24-17-21(22-8-5-15-29-22)26-9-2-3-10-26/h4-8,15-16,21H,2-3,9-14,17-18H2,1H3,(H,24,28). The molecule has 0 saturated carbocycles. The van der Waals surface area contributed by atoms with Crippen molar-refractivity contribution >= 4 is 6.03 Å². The maximum atomic E-state index is 12.7. The Balaban J connectivity index is 1.26. The summed E-state index contributed by atoms with van der Waals surface area (Å²) >= 11 is 0. The highest BCUT2D eigenvalue weighted by molar-refractivity contribution is 5.74. The first kappa shape index (κ1) is 20.0. The van der Waals surface area contributed by atoms with Gasteiger partial charge >= 0.3 is 6.03 Å². The van der Waals surface area contributed by atoms with Gasteiger partial charge in [-0.25, -0.2) is 4.79 Å². The molecule has 0 radical (unpaired) electrons. The Labute approximate surface area is 173 Å². The molecular weight excluding hydrogens is 364 g/mol. The molecule has 29 heavy (non-hydrogen) atoms. The van der Waals surface area contributed by atoms with E-state index in [0.717, 1.165) is 51.6 Å². The summed E-state index contributed by atoms with van der Waals surface area (Å²) < 4.78 is 5.65. The fraction of sp³-hybridized carbons (Fsp3) is 0.522. The molecule has 156 valence electrons. The number of benzene rings is 1. The Morgan fingerprint density at radius 2 is 1.86 bits per heavy atom. The van der Waals surface area contributed by atoms with Gasteiger partial charge in [0.15, 0.2) is 0 Å². The van der Waals surface area contributed by atoms with E-state index in [9.17, 15) is 4.79 Å². The lowest BCUT2D eigenvalue weighted by atomic mass is 10.1. The van der Waals surface area contributed by atoms with E-state index in [0.29, 0.717) is 6.54 Å². The Morgan fingerprint density at radius 3 is 2.55 bits per heavy atom. The van der Waals surface area contributed by atoms with Crippen LogP contribution in [0.5, 0.6) is 0 Å². The number of furan rings is 1. The number of hydrogen-bond acceptors (Lipinski definition) is 4. The van der Waals surface area contributed by atoms with Crippen molar-refractivity contribution < 1.29 is 9.21 Å². The Bertz CT molecular complexity index is 778. The van der Waals surface area contributed by atoms with Crippen LogP contribution in [0.2, 0.25) is 0 Å². The number of nitrogens with one attached hydrogen (secondary N) is 1. The number of urea groups is 1. The number of rotatable bonds is 6. The molecule has 2 saturated heterocycles. The second kappa shape index (κ2) is 9.46. The van der Waals surface area contributed by atoms with Crippen LogP contribution in [-0.4, -0.2) is 66.5 Å². The second-order valence-electron chi connectivity index (χ2n) is 8.21. The lowest BCUT2D eigenvalue weighted by Crippen LogP contribution is -2.52. The van der Waals surface area contributed by atoms with Crippen LogP contribution in [0.3, 0.4) is 0 Å². The van der Waals surface area contributed by atoms with Crippen molar-refractivity contribution in [3.05, 3.63) is 59.5 Å². The topological polar surface area (TPSA) is 52.0 Å². The molecule has 1 unspecified atom stereocenters. The number of carbonyl (C=O) groups is 1. The molecule has 2 amide bonds. The summed E-state index contributed by atoms with van der Waals surface area (Å²) in [5, 5.41) is 3.16. The lowest BCUT2D eigenvalue weighted by molar-refractivity contribution is 0.131. The molecule has 3 heterocycles. The Kier molecular flexibility index (Phi) is 6.52. The lowest BCUT2D eigenvalue weighted by Gasteiger charge is -2.35. The van der Waals surface area contributed by atoms with Gasteiger partial charge in [-0.15, -0.1) is 0 Å². The average Bonchev–Trinajstić information content (AvgIpc) is 3.43. The van der Waals surface area contributed by atoms with Gasteiger partial charge in [0.25, 0.3) is 0 Å². The van der Waals surface area contributed by atoms with Crippen LogP contribution in [0.25, 0.3) is 0 Å². The summed E-state index contributed by atoms with van der Waals surface area (Å²) in [7, 11) is 0. The summed E-state index contributed by atoms with van der Waals surface area (Å²) in [4.78, 5) is 19.5. The summed E-state index contributed by atoms with van der Waals surface area (Å²) in [6.07, 6.45) is 4.15. The minimum Gasteiger partial charge on any atom is -0.468 e. The second-order valence-corrected chi connectivity index (χ2v) is 8.21. The van der Waals surface area contributed by atoms with Gasteiger partial charge in [-0.1, -0.05) is 29.8 Å². The molecule has 2 aromatic rings.